The highest BCUT2D eigenvalue weighted by atomic mass is 16.5. The molecule has 0 radical (unpaired) electrons. The van der Waals surface area contributed by atoms with E-state index < -0.39 is 0 Å². The van der Waals surface area contributed by atoms with Crippen molar-refractivity contribution in [2.75, 3.05) is 13.2 Å². The van der Waals surface area contributed by atoms with E-state index in [1.54, 1.807) is 0 Å². The van der Waals surface area contributed by atoms with E-state index in [9.17, 15) is 0 Å². The van der Waals surface area contributed by atoms with Crippen LogP contribution >= 0.6 is 0 Å². The van der Waals surface area contributed by atoms with Crippen LogP contribution in [0.2, 0.25) is 0 Å². The van der Waals surface area contributed by atoms with E-state index in [0.29, 0.717) is 13.2 Å². The van der Waals surface area contributed by atoms with Crippen LogP contribution in [0.5, 0.6) is 11.5 Å². The standard InChI is InChI=1S/C23H21NO2/c24-19(15-25-22-13-5-9-17-7-1-3-11-20(17)22)16-26-23-14-6-10-18-8-2-4-12-21(18)23/h1-14,19H,15-16,24H2. The zero-order chi connectivity index (χ0) is 17.8. The average Bonchev–Trinajstić information content (AvgIpc) is 2.70. The quantitative estimate of drug-likeness (QED) is 0.548. The minimum Gasteiger partial charge on any atom is -0.491 e. The van der Waals surface area contributed by atoms with Gasteiger partial charge >= 0.3 is 0 Å². The Balaban J connectivity index is 1.40. The fourth-order valence-electron chi connectivity index (χ4n) is 3.08. The van der Waals surface area contributed by atoms with Crippen molar-refractivity contribution in [2.45, 2.75) is 6.04 Å². The van der Waals surface area contributed by atoms with Gasteiger partial charge in [-0.3, -0.25) is 0 Å². The van der Waals surface area contributed by atoms with Gasteiger partial charge in [-0.15, -0.1) is 0 Å². The third-order valence-electron chi connectivity index (χ3n) is 4.41. The zero-order valence-electron chi connectivity index (χ0n) is 14.5. The fraction of sp³-hybridized carbons (Fsp3) is 0.130. The Morgan fingerprint density at radius 2 is 1.00 bits per heavy atom. The Bertz CT molecular complexity index is 935. The monoisotopic (exact) mass is 343 g/mol. The lowest BCUT2D eigenvalue weighted by molar-refractivity contribution is 0.223. The first-order chi connectivity index (χ1) is 12.8. The highest BCUT2D eigenvalue weighted by Gasteiger charge is 2.08. The van der Waals surface area contributed by atoms with Gasteiger partial charge in [0, 0.05) is 10.8 Å². The van der Waals surface area contributed by atoms with Crippen LogP contribution in [-0.2, 0) is 0 Å². The molecule has 0 heterocycles. The summed E-state index contributed by atoms with van der Waals surface area (Å²) in [5.41, 5.74) is 6.21. The van der Waals surface area contributed by atoms with Gasteiger partial charge in [0.25, 0.3) is 0 Å². The predicted octanol–water partition coefficient (Wildman–Crippen LogP) is 4.78. The van der Waals surface area contributed by atoms with Gasteiger partial charge in [0.15, 0.2) is 0 Å². The highest BCUT2D eigenvalue weighted by Crippen LogP contribution is 2.26. The third kappa shape index (κ3) is 3.48. The van der Waals surface area contributed by atoms with Crippen LogP contribution in [0, 0.1) is 0 Å². The van der Waals surface area contributed by atoms with Crippen LogP contribution in [0.4, 0.5) is 0 Å². The van der Waals surface area contributed by atoms with Crippen molar-refractivity contribution in [1.29, 1.82) is 0 Å². The average molecular weight is 343 g/mol. The molecule has 3 nitrogen and oxygen atoms in total. The molecule has 0 amide bonds. The van der Waals surface area contributed by atoms with E-state index in [0.717, 1.165) is 33.0 Å². The van der Waals surface area contributed by atoms with Crippen molar-refractivity contribution in [3.8, 4) is 11.5 Å². The molecule has 0 aliphatic heterocycles. The Labute approximate surface area is 153 Å². The number of hydrogen-bond acceptors (Lipinski definition) is 3. The molecule has 3 heteroatoms. The van der Waals surface area contributed by atoms with Crippen LogP contribution in [0.3, 0.4) is 0 Å². The predicted molar refractivity (Wildman–Crippen MR) is 107 cm³/mol. The van der Waals surface area contributed by atoms with E-state index in [1.165, 1.54) is 0 Å². The Kier molecular flexibility index (Phi) is 4.71. The molecule has 0 bridgehead atoms. The van der Waals surface area contributed by atoms with E-state index >= 15 is 0 Å². The highest BCUT2D eigenvalue weighted by molar-refractivity contribution is 5.88. The second kappa shape index (κ2) is 7.46. The summed E-state index contributed by atoms with van der Waals surface area (Å²) in [5.74, 6) is 1.70. The van der Waals surface area contributed by atoms with Gasteiger partial charge in [0.2, 0.25) is 0 Å². The molecule has 0 fully saturated rings. The maximum Gasteiger partial charge on any atom is 0.127 e. The molecule has 0 aliphatic carbocycles. The second-order valence-electron chi connectivity index (χ2n) is 6.34. The summed E-state index contributed by atoms with van der Waals surface area (Å²) in [6, 6.07) is 28.2. The van der Waals surface area contributed by atoms with Gasteiger partial charge < -0.3 is 15.2 Å². The molecule has 2 N–H and O–H groups in total. The Morgan fingerprint density at radius 3 is 1.50 bits per heavy atom. The minimum absolute atomic E-state index is 0.215. The summed E-state index contributed by atoms with van der Waals surface area (Å²) >= 11 is 0. The largest absolute Gasteiger partial charge is 0.491 e. The van der Waals surface area contributed by atoms with Crippen molar-refractivity contribution in [2.24, 2.45) is 5.73 Å². The topological polar surface area (TPSA) is 44.5 Å². The van der Waals surface area contributed by atoms with Crippen LogP contribution in [-0.4, -0.2) is 19.3 Å². The van der Waals surface area contributed by atoms with Crippen LogP contribution in [0.25, 0.3) is 21.5 Å². The molecule has 4 rings (SSSR count). The number of benzene rings is 4. The molecular weight excluding hydrogens is 322 g/mol. The fourth-order valence-corrected chi connectivity index (χ4v) is 3.08. The number of hydrogen-bond donors (Lipinski definition) is 1. The summed E-state index contributed by atoms with van der Waals surface area (Å²) in [7, 11) is 0. The van der Waals surface area contributed by atoms with Gasteiger partial charge in [0.05, 0.1) is 6.04 Å². The maximum absolute atomic E-state index is 6.21. The molecule has 0 unspecified atom stereocenters. The molecule has 26 heavy (non-hydrogen) atoms. The summed E-state index contributed by atoms with van der Waals surface area (Å²) in [6.07, 6.45) is 0. The zero-order valence-corrected chi connectivity index (χ0v) is 14.5. The molecule has 130 valence electrons. The minimum atomic E-state index is -0.215. The molecule has 4 aromatic rings. The third-order valence-corrected chi connectivity index (χ3v) is 4.41. The first kappa shape index (κ1) is 16.4. The van der Waals surface area contributed by atoms with Gasteiger partial charge in [-0.2, -0.15) is 0 Å². The van der Waals surface area contributed by atoms with Crippen LogP contribution in [0.1, 0.15) is 0 Å². The summed E-state index contributed by atoms with van der Waals surface area (Å²) in [5, 5.41) is 4.51. The number of nitrogens with two attached hydrogens (primary N) is 1. The molecule has 0 spiro atoms. The molecule has 0 saturated heterocycles. The van der Waals surface area contributed by atoms with Crippen LogP contribution in [0.15, 0.2) is 84.9 Å². The summed E-state index contributed by atoms with van der Waals surface area (Å²) < 4.78 is 11.9. The Hall–Kier alpha value is -3.04. The van der Waals surface area contributed by atoms with Gasteiger partial charge in [-0.25, -0.2) is 0 Å². The van der Waals surface area contributed by atoms with Gasteiger partial charge in [0.1, 0.15) is 24.7 Å². The van der Waals surface area contributed by atoms with Crippen molar-refractivity contribution >= 4 is 21.5 Å². The molecular formula is C23H21NO2. The second-order valence-corrected chi connectivity index (χ2v) is 6.34. The molecule has 0 aromatic heterocycles. The van der Waals surface area contributed by atoms with Crippen molar-refractivity contribution in [3.63, 3.8) is 0 Å². The maximum atomic E-state index is 6.21. The first-order valence-electron chi connectivity index (χ1n) is 8.78. The lowest BCUT2D eigenvalue weighted by Gasteiger charge is -2.16. The van der Waals surface area contributed by atoms with E-state index in [-0.39, 0.29) is 6.04 Å². The van der Waals surface area contributed by atoms with E-state index in [1.807, 2.05) is 48.5 Å². The summed E-state index contributed by atoms with van der Waals surface area (Å²) in [4.78, 5) is 0. The summed E-state index contributed by atoms with van der Waals surface area (Å²) in [6.45, 7) is 0.803. The molecule has 0 atom stereocenters. The number of fused-ring (bicyclic) bond motifs is 2. The molecule has 0 saturated carbocycles. The van der Waals surface area contributed by atoms with E-state index in [2.05, 4.69) is 36.4 Å². The van der Waals surface area contributed by atoms with Crippen LogP contribution < -0.4 is 15.2 Å². The first-order valence-corrected chi connectivity index (χ1v) is 8.78. The van der Waals surface area contributed by atoms with E-state index in [4.69, 9.17) is 15.2 Å². The normalized spacial score (nSPS) is 11.2. The van der Waals surface area contributed by atoms with Gasteiger partial charge in [-0.05, 0) is 22.9 Å². The van der Waals surface area contributed by atoms with Crippen molar-refractivity contribution in [3.05, 3.63) is 84.9 Å². The SMILES string of the molecule is NC(COc1cccc2ccccc12)COc1cccc2ccccc12. The molecule has 0 aliphatic rings. The smallest absolute Gasteiger partial charge is 0.127 e. The molecule has 4 aromatic carbocycles. The lowest BCUT2D eigenvalue weighted by Crippen LogP contribution is -2.34. The van der Waals surface area contributed by atoms with Gasteiger partial charge in [-0.1, -0.05) is 72.8 Å². The number of ether oxygens (including phenoxy) is 2. The number of rotatable bonds is 6. The van der Waals surface area contributed by atoms with Crippen molar-refractivity contribution in [1.82, 2.24) is 0 Å². The lowest BCUT2D eigenvalue weighted by atomic mass is 10.1. The Morgan fingerprint density at radius 1 is 0.577 bits per heavy atom. The van der Waals surface area contributed by atoms with Crippen molar-refractivity contribution < 1.29 is 9.47 Å².